The molecule has 6 nitrogen and oxygen atoms in total. The van der Waals surface area contributed by atoms with Crippen molar-refractivity contribution >= 4 is 17.5 Å². The Morgan fingerprint density at radius 3 is 2.75 bits per heavy atom. The Bertz CT molecular complexity index is 461. The highest BCUT2D eigenvalue weighted by molar-refractivity contribution is 5.95. The zero-order valence-corrected chi connectivity index (χ0v) is 12.5. The minimum atomic E-state index is -0.466. The van der Waals surface area contributed by atoms with Crippen LogP contribution in [0.15, 0.2) is 12.3 Å². The molecule has 0 fully saturated rings. The molecule has 1 rings (SSSR count). The molecule has 0 radical (unpaired) electrons. The number of nitrogen functional groups attached to an aromatic ring is 1. The van der Waals surface area contributed by atoms with Crippen LogP contribution in [0.5, 0.6) is 0 Å². The fourth-order valence-corrected chi connectivity index (χ4v) is 1.65. The first-order valence-corrected chi connectivity index (χ1v) is 6.46. The summed E-state index contributed by atoms with van der Waals surface area (Å²) in [6.45, 7) is 5.69. The molecule has 0 aliphatic heterocycles. The van der Waals surface area contributed by atoms with Gasteiger partial charge in [0, 0.05) is 20.3 Å². The molecule has 112 valence electrons. The second-order valence-electron chi connectivity index (χ2n) is 5.41. The van der Waals surface area contributed by atoms with Gasteiger partial charge in [-0.05, 0) is 17.9 Å². The number of esters is 1. The Kier molecular flexibility index (Phi) is 5.76. The average molecular weight is 281 g/mol. The molecule has 1 aromatic heterocycles. The molecule has 6 heteroatoms. The number of ether oxygens (including phenoxy) is 2. The topological polar surface area (TPSA) is 86.5 Å². The summed E-state index contributed by atoms with van der Waals surface area (Å²) in [5.41, 5.74) is 6.39. The summed E-state index contributed by atoms with van der Waals surface area (Å²) in [5, 5.41) is 3.21. The molecule has 0 amide bonds. The highest BCUT2D eigenvalue weighted by atomic mass is 16.5. The van der Waals surface area contributed by atoms with E-state index in [1.165, 1.54) is 13.3 Å². The molecular formula is C14H23N3O3. The minimum absolute atomic E-state index is 0.0600. The number of rotatable bonds is 7. The van der Waals surface area contributed by atoms with Crippen LogP contribution >= 0.6 is 0 Å². The summed E-state index contributed by atoms with van der Waals surface area (Å²) in [5.74, 6) is 0.136. The Morgan fingerprint density at radius 1 is 1.45 bits per heavy atom. The first kappa shape index (κ1) is 16.2. The zero-order valence-electron chi connectivity index (χ0n) is 12.5. The zero-order chi connectivity index (χ0) is 15.2. The van der Waals surface area contributed by atoms with E-state index >= 15 is 0 Å². The van der Waals surface area contributed by atoms with E-state index < -0.39 is 5.97 Å². The number of nitrogens with two attached hydrogens (primary N) is 1. The fourth-order valence-electron chi connectivity index (χ4n) is 1.65. The lowest BCUT2D eigenvalue weighted by molar-refractivity contribution is 0.0602. The number of pyridine rings is 1. The van der Waals surface area contributed by atoms with E-state index in [0.717, 1.165) is 6.42 Å². The Hall–Kier alpha value is -1.82. The van der Waals surface area contributed by atoms with Gasteiger partial charge in [-0.25, -0.2) is 9.78 Å². The van der Waals surface area contributed by atoms with E-state index in [-0.39, 0.29) is 5.41 Å². The standard InChI is InChI=1S/C14H23N3O3/c1-14(2,5-6-19-3)9-17-12-7-10(13(18)20-4)11(15)8-16-12/h7-8H,5-6,9,15H2,1-4H3,(H,16,17). The van der Waals surface area contributed by atoms with Gasteiger partial charge in [-0.15, -0.1) is 0 Å². The molecule has 0 aliphatic rings. The minimum Gasteiger partial charge on any atom is -0.465 e. The van der Waals surface area contributed by atoms with E-state index in [1.807, 2.05) is 0 Å². The SMILES string of the molecule is COCCC(C)(C)CNc1cc(C(=O)OC)c(N)cn1. The van der Waals surface area contributed by atoms with Gasteiger partial charge in [-0.2, -0.15) is 0 Å². The molecule has 0 saturated heterocycles. The van der Waals surface area contributed by atoms with Crippen molar-refractivity contribution in [3.8, 4) is 0 Å². The quantitative estimate of drug-likeness (QED) is 0.743. The summed E-state index contributed by atoms with van der Waals surface area (Å²) >= 11 is 0. The van der Waals surface area contributed by atoms with E-state index in [0.29, 0.717) is 30.2 Å². The van der Waals surface area contributed by atoms with Gasteiger partial charge < -0.3 is 20.5 Å². The van der Waals surface area contributed by atoms with Crippen LogP contribution in [-0.2, 0) is 9.47 Å². The van der Waals surface area contributed by atoms with Crippen LogP contribution in [0.2, 0.25) is 0 Å². The lowest BCUT2D eigenvalue weighted by atomic mass is 9.90. The first-order chi connectivity index (χ1) is 9.39. The number of anilines is 2. The van der Waals surface area contributed by atoms with Gasteiger partial charge in [0.05, 0.1) is 24.6 Å². The third-order valence-electron chi connectivity index (χ3n) is 3.07. The van der Waals surface area contributed by atoms with Crippen LogP contribution in [0.1, 0.15) is 30.6 Å². The van der Waals surface area contributed by atoms with Gasteiger partial charge in [0.1, 0.15) is 5.82 Å². The van der Waals surface area contributed by atoms with Crippen LogP contribution in [0.4, 0.5) is 11.5 Å². The molecule has 1 aromatic rings. The molecule has 0 bridgehead atoms. The predicted octanol–water partition coefficient (Wildman–Crippen LogP) is 1.92. The normalized spacial score (nSPS) is 11.2. The van der Waals surface area contributed by atoms with Crippen LogP contribution < -0.4 is 11.1 Å². The number of aromatic nitrogens is 1. The van der Waals surface area contributed by atoms with Crippen molar-refractivity contribution < 1.29 is 14.3 Å². The summed E-state index contributed by atoms with van der Waals surface area (Å²) in [6, 6.07) is 1.60. The number of hydrogen-bond acceptors (Lipinski definition) is 6. The van der Waals surface area contributed by atoms with E-state index in [2.05, 4.69) is 28.9 Å². The molecule has 3 N–H and O–H groups in total. The maximum atomic E-state index is 11.6. The molecule has 0 atom stereocenters. The number of nitrogens with one attached hydrogen (secondary N) is 1. The van der Waals surface area contributed by atoms with Crippen molar-refractivity contribution in [2.75, 3.05) is 38.4 Å². The average Bonchev–Trinajstić information content (AvgIpc) is 2.43. The van der Waals surface area contributed by atoms with Gasteiger partial charge in [0.2, 0.25) is 0 Å². The van der Waals surface area contributed by atoms with Gasteiger partial charge in [-0.1, -0.05) is 13.8 Å². The molecule has 0 saturated carbocycles. The lowest BCUT2D eigenvalue weighted by Gasteiger charge is -2.25. The van der Waals surface area contributed by atoms with Crippen LogP contribution in [0, 0.1) is 5.41 Å². The van der Waals surface area contributed by atoms with Crippen LogP contribution in [0.3, 0.4) is 0 Å². The number of hydrogen-bond donors (Lipinski definition) is 2. The second kappa shape index (κ2) is 7.09. The fraction of sp³-hybridized carbons (Fsp3) is 0.571. The van der Waals surface area contributed by atoms with Crippen molar-refractivity contribution in [2.24, 2.45) is 5.41 Å². The molecule has 0 aromatic carbocycles. The maximum Gasteiger partial charge on any atom is 0.340 e. The monoisotopic (exact) mass is 281 g/mol. The third kappa shape index (κ3) is 4.70. The van der Waals surface area contributed by atoms with Crippen LogP contribution in [0.25, 0.3) is 0 Å². The van der Waals surface area contributed by atoms with Gasteiger partial charge in [-0.3, -0.25) is 0 Å². The molecule has 1 heterocycles. The lowest BCUT2D eigenvalue weighted by Crippen LogP contribution is -2.25. The molecule has 20 heavy (non-hydrogen) atoms. The van der Waals surface area contributed by atoms with Crippen molar-refractivity contribution in [1.29, 1.82) is 0 Å². The highest BCUT2D eigenvalue weighted by Gasteiger charge is 2.18. The third-order valence-corrected chi connectivity index (χ3v) is 3.07. The van der Waals surface area contributed by atoms with E-state index in [1.54, 1.807) is 13.2 Å². The number of nitrogens with zero attached hydrogens (tertiary/aromatic N) is 1. The molecule has 0 spiro atoms. The van der Waals surface area contributed by atoms with Crippen molar-refractivity contribution in [2.45, 2.75) is 20.3 Å². The molecular weight excluding hydrogens is 258 g/mol. The summed E-state index contributed by atoms with van der Waals surface area (Å²) < 4.78 is 9.77. The first-order valence-electron chi connectivity index (χ1n) is 6.46. The van der Waals surface area contributed by atoms with Crippen molar-refractivity contribution in [3.63, 3.8) is 0 Å². The Balaban J connectivity index is 2.71. The molecule has 0 aliphatic carbocycles. The van der Waals surface area contributed by atoms with Crippen LogP contribution in [-0.4, -0.2) is 38.3 Å². The van der Waals surface area contributed by atoms with E-state index in [4.69, 9.17) is 10.5 Å². The number of carbonyl (C=O) groups is 1. The Labute approximate surface area is 119 Å². The largest absolute Gasteiger partial charge is 0.465 e. The summed E-state index contributed by atoms with van der Waals surface area (Å²) in [4.78, 5) is 15.7. The van der Waals surface area contributed by atoms with Gasteiger partial charge in [0.25, 0.3) is 0 Å². The van der Waals surface area contributed by atoms with E-state index in [9.17, 15) is 4.79 Å². The maximum absolute atomic E-state index is 11.6. The van der Waals surface area contributed by atoms with Crippen molar-refractivity contribution in [1.82, 2.24) is 4.98 Å². The highest BCUT2D eigenvalue weighted by Crippen LogP contribution is 2.22. The van der Waals surface area contributed by atoms with Crippen molar-refractivity contribution in [3.05, 3.63) is 17.8 Å². The predicted molar refractivity (Wildman–Crippen MR) is 78.8 cm³/mol. The van der Waals surface area contributed by atoms with Gasteiger partial charge >= 0.3 is 5.97 Å². The summed E-state index contributed by atoms with van der Waals surface area (Å²) in [6.07, 6.45) is 2.38. The summed E-state index contributed by atoms with van der Waals surface area (Å²) in [7, 11) is 3.01. The van der Waals surface area contributed by atoms with Gasteiger partial charge in [0.15, 0.2) is 0 Å². The number of methoxy groups -OCH3 is 2. The Morgan fingerprint density at radius 2 is 2.15 bits per heavy atom. The molecule has 0 unspecified atom stereocenters. The number of carbonyl (C=O) groups excluding carboxylic acids is 1. The second-order valence-corrected chi connectivity index (χ2v) is 5.41. The smallest absolute Gasteiger partial charge is 0.340 e.